The first-order valence-corrected chi connectivity index (χ1v) is 6.85. The van der Waals surface area contributed by atoms with Gasteiger partial charge in [-0.2, -0.15) is 5.26 Å². The Labute approximate surface area is 125 Å². The van der Waals surface area contributed by atoms with Crippen LogP contribution in [0.1, 0.15) is 29.8 Å². The molecule has 0 saturated carbocycles. The predicted octanol–water partition coefficient (Wildman–Crippen LogP) is 3.35. The van der Waals surface area contributed by atoms with Gasteiger partial charge in [-0.3, -0.25) is 0 Å². The molecule has 1 N–H and O–H groups in total. The van der Waals surface area contributed by atoms with Crippen molar-refractivity contribution in [2.24, 2.45) is 0 Å². The van der Waals surface area contributed by atoms with Gasteiger partial charge in [0.2, 0.25) is 0 Å². The number of halogens is 1. The zero-order valence-corrected chi connectivity index (χ0v) is 12.5. The Hall–Kier alpha value is -1.90. The lowest BCUT2D eigenvalue weighted by Crippen LogP contribution is -2.01. The van der Waals surface area contributed by atoms with Crippen molar-refractivity contribution < 1.29 is 9.84 Å². The number of nitrogens with zero attached hydrogens (tertiary/aromatic N) is 2. The lowest BCUT2D eigenvalue weighted by atomic mass is 10.1. The Morgan fingerprint density at radius 3 is 2.90 bits per heavy atom. The average molecular weight is 333 g/mol. The molecule has 0 radical (unpaired) electrons. The average Bonchev–Trinajstić information content (AvgIpc) is 2.46. The Kier molecular flexibility index (Phi) is 4.72. The number of rotatable bonds is 4. The van der Waals surface area contributed by atoms with Crippen LogP contribution in [0.3, 0.4) is 0 Å². The molecule has 20 heavy (non-hydrogen) atoms. The number of nitriles is 1. The molecular formula is C15H13BrN2O2. The standard InChI is InChI=1S/C15H13BrN2O2/c1-10(19)14-7-12(16)2-3-15(14)20-9-11-4-5-18-13(6-11)8-17/h2-7,10,19H,9H2,1H3/t10-/m1/s1. The molecule has 0 fully saturated rings. The fourth-order valence-corrected chi connectivity index (χ4v) is 2.14. The van der Waals surface area contributed by atoms with E-state index in [-0.39, 0.29) is 0 Å². The van der Waals surface area contributed by atoms with Crippen LogP contribution in [0.4, 0.5) is 0 Å². The molecule has 0 aliphatic carbocycles. The van der Waals surface area contributed by atoms with Gasteiger partial charge in [0.15, 0.2) is 0 Å². The predicted molar refractivity (Wildman–Crippen MR) is 78.1 cm³/mol. The largest absolute Gasteiger partial charge is 0.489 e. The molecule has 0 amide bonds. The van der Waals surface area contributed by atoms with Crippen molar-refractivity contribution in [3.8, 4) is 11.8 Å². The maximum absolute atomic E-state index is 9.75. The summed E-state index contributed by atoms with van der Waals surface area (Å²) in [7, 11) is 0. The molecular weight excluding hydrogens is 320 g/mol. The van der Waals surface area contributed by atoms with E-state index in [9.17, 15) is 5.11 Å². The minimum atomic E-state index is -0.616. The minimum absolute atomic E-state index is 0.318. The zero-order chi connectivity index (χ0) is 14.5. The van der Waals surface area contributed by atoms with E-state index in [1.807, 2.05) is 18.2 Å². The molecule has 1 heterocycles. The number of aromatic nitrogens is 1. The summed E-state index contributed by atoms with van der Waals surface area (Å²) in [6.45, 7) is 2.01. The van der Waals surface area contributed by atoms with Gasteiger partial charge in [-0.25, -0.2) is 4.98 Å². The molecule has 0 aliphatic heterocycles. The Morgan fingerprint density at radius 1 is 1.40 bits per heavy atom. The molecule has 0 unspecified atom stereocenters. The monoisotopic (exact) mass is 332 g/mol. The van der Waals surface area contributed by atoms with Gasteiger partial charge < -0.3 is 9.84 Å². The van der Waals surface area contributed by atoms with Gasteiger partial charge in [0, 0.05) is 16.2 Å². The zero-order valence-electron chi connectivity index (χ0n) is 10.9. The summed E-state index contributed by atoms with van der Waals surface area (Å²) in [6.07, 6.45) is 0.962. The number of benzene rings is 1. The third-order valence-corrected chi connectivity index (χ3v) is 3.25. The number of hydrogen-bond acceptors (Lipinski definition) is 4. The molecule has 1 aromatic heterocycles. The molecule has 0 spiro atoms. The molecule has 5 heteroatoms. The molecule has 102 valence electrons. The van der Waals surface area contributed by atoms with Crippen LogP contribution in [0.25, 0.3) is 0 Å². The quantitative estimate of drug-likeness (QED) is 0.932. The highest BCUT2D eigenvalue weighted by atomic mass is 79.9. The van der Waals surface area contributed by atoms with E-state index in [4.69, 9.17) is 10.00 Å². The fraction of sp³-hybridized carbons (Fsp3) is 0.200. The minimum Gasteiger partial charge on any atom is -0.489 e. The highest BCUT2D eigenvalue weighted by Gasteiger charge is 2.10. The first-order chi connectivity index (χ1) is 9.60. The summed E-state index contributed by atoms with van der Waals surface area (Å²) in [4.78, 5) is 3.91. The van der Waals surface area contributed by atoms with Gasteiger partial charge >= 0.3 is 0 Å². The highest BCUT2D eigenvalue weighted by molar-refractivity contribution is 9.10. The smallest absolute Gasteiger partial charge is 0.140 e. The molecule has 0 aliphatic rings. The van der Waals surface area contributed by atoms with Crippen LogP contribution in [-0.2, 0) is 6.61 Å². The van der Waals surface area contributed by atoms with Gasteiger partial charge in [0.25, 0.3) is 0 Å². The molecule has 0 saturated heterocycles. The maximum atomic E-state index is 9.75. The normalized spacial score (nSPS) is 11.7. The Morgan fingerprint density at radius 2 is 2.20 bits per heavy atom. The number of pyridine rings is 1. The van der Waals surface area contributed by atoms with Gasteiger partial charge in [0.1, 0.15) is 24.1 Å². The SMILES string of the molecule is C[C@@H](O)c1cc(Br)ccc1OCc1ccnc(C#N)c1. The van der Waals surface area contributed by atoms with Gasteiger partial charge in [0.05, 0.1) is 6.10 Å². The number of hydrogen-bond donors (Lipinski definition) is 1. The summed E-state index contributed by atoms with van der Waals surface area (Å²) < 4.78 is 6.61. The summed E-state index contributed by atoms with van der Waals surface area (Å²) in [6, 6.07) is 11.0. The van der Waals surface area contributed by atoms with Crippen molar-refractivity contribution >= 4 is 15.9 Å². The molecule has 4 nitrogen and oxygen atoms in total. The van der Waals surface area contributed by atoms with E-state index in [1.54, 1.807) is 31.3 Å². The summed E-state index contributed by atoms with van der Waals surface area (Å²) in [5.74, 6) is 0.624. The lowest BCUT2D eigenvalue weighted by molar-refractivity contribution is 0.190. The van der Waals surface area contributed by atoms with Gasteiger partial charge in [-0.05, 0) is 42.8 Å². The number of ether oxygens (including phenoxy) is 1. The van der Waals surface area contributed by atoms with Crippen molar-refractivity contribution in [2.45, 2.75) is 19.6 Å². The van der Waals surface area contributed by atoms with E-state index in [0.29, 0.717) is 23.6 Å². The van der Waals surface area contributed by atoms with Crippen LogP contribution in [-0.4, -0.2) is 10.1 Å². The Balaban J connectivity index is 2.16. The Bertz CT molecular complexity index is 651. The van der Waals surface area contributed by atoms with Crippen LogP contribution >= 0.6 is 15.9 Å². The number of aliphatic hydroxyl groups excluding tert-OH is 1. The van der Waals surface area contributed by atoms with Crippen LogP contribution in [0.2, 0.25) is 0 Å². The molecule has 2 rings (SSSR count). The first kappa shape index (κ1) is 14.5. The summed E-state index contributed by atoms with van der Waals surface area (Å²) in [5.41, 5.74) is 1.93. The topological polar surface area (TPSA) is 66.1 Å². The maximum Gasteiger partial charge on any atom is 0.140 e. The van der Waals surface area contributed by atoms with Crippen LogP contribution < -0.4 is 4.74 Å². The second-order valence-corrected chi connectivity index (χ2v) is 5.22. The highest BCUT2D eigenvalue weighted by Crippen LogP contribution is 2.29. The van der Waals surface area contributed by atoms with Crippen molar-refractivity contribution in [1.29, 1.82) is 5.26 Å². The second kappa shape index (κ2) is 6.51. The lowest BCUT2D eigenvalue weighted by Gasteiger charge is -2.14. The van der Waals surface area contributed by atoms with E-state index in [2.05, 4.69) is 20.9 Å². The summed E-state index contributed by atoms with van der Waals surface area (Å²) in [5, 5.41) is 18.6. The van der Waals surface area contributed by atoms with Crippen molar-refractivity contribution in [2.75, 3.05) is 0 Å². The van der Waals surface area contributed by atoms with Crippen molar-refractivity contribution in [3.05, 3.63) is 57.8 Å². The van der Waals surface area contributed by atoms with Crippen LogP contribution in [0, 0.1) is 11.3 Å². The van der Waals surface area contributed by atoms with Crippen LogP contribution in [0.5, 0.6) is 5.75 Å². The van der Waals surface area contributed by atoms with Crippen LogP contribution in [0.15, 0.2) is 41.0 Å². The van der Waals surface area contributed by atoms with E-state index in [0.717, 1.165) is 10.0 Å². The molecule has 1 aromatic carbocycles. The third kappa shape index (κ3) is 3.56. The van der Waals surface area contributed by atoms with E-state index < -0.39 is 6.10 Å². The molecule has 2 aromatic rings. The fourth-order valence-electron chi connectivity index (χ4n) is 1.76. The molecule has 0 bridgehead atoms. The second-order valence-electron chi connectivity index (χ2n) is 4.31. The van der Waals surface area contributed by atoms with Gasteiger partial charge in [-0.15, -0.1) is 0 Å². The first-order valence-electron chi connectivity index (χ1n) is 6.05. The van der Waals surface area contributed by atoms with Gasteiger partial charge in [-0.1, -0.05) is 15.9 Å². The summed E-state index contributed by atoms with van der Waals surface area (Å²) >= 11 is 3.37. The van der Waals surface area contributed by atoms with Crippen molar-refractivity contribution in [1.82, 2.24) is 4.98 Å². The molecule has 1 atom stereocenters. The van der Waals surface area contributed by atoms with E-state index >= 15 is 0 Å². The number of aliphatic hydroxyl groups is 1. The third-order valence-electron chi connectivity index (χ3n) is 2.76. The van der Waals surface area contributed by atoms with E-state index in [1.165, 1.54) is 0 Å². The van der Waals surface area contributed by atoms with Crippen molar-refractivity contribution in [3.63, 3.8) is 0 Å².